The van der Waals surface area contributed by atoms with Crippen LogP contribution in [0.1, 0.15) is 35.6 Å². The van der Waals surface area contributed by atoms with Crippen molar-refractivity contribution in [3.8, 4) is 5.69 Å². The number of nitrogens with two attached hydrogens (primary N) is 1. The van der Waals surface area contributed by atoms with E-state index in [1.54, 1.807) is 4.68 Å². The van der Waals surface area contributed by atoms with Crippen LogP contribution in [-0.4, -0.2) is 9.78 Å². The molecule has 0 atom stereocenters. The highest BCUT2D eigenvalue weighted by molar-refractivity contribution is 5.48. The lowest BCUT2D eigenvalue weighted by Gasteiger charge is -2.05. The van der Waals surface area contributed by atoms with Crippen LogP contribution >= 0.6 is 0 Å². The van der Waals surface area contributed by atoms with Gasteiger partial charge in [0.1, 0.15) is 5.69 Å². The maximum Gasteiger partial charge on any atom is 0.294 e. The predicted octanol–water partition coefficient (Wildman–Crippen LogP) is 2.24. The van der Waals surface area contributed by atoms with E-state index in [2.05, 4.69) is 11.2 Å². The molecule has 4 nitrogen and oxygen atoms in total. The van der Waals surface area contributed by atoms with Gasteiger partial charge in [-0.15, -0.1) is 0 Å². The second kappa shape index (κ2) is 3.77. The summed E-state index contributed by atoms with van der Waals surface area (Å²) in [5.41, 5.74) is 10.2. The van der Waals surface area contributed by atoms with E-state index >= 15 is 0 Å². The van der Waals surface area contributed by atoms with Gasteiger partial charge in [0.25, 0.3) is 5.56 Å². The number of hydrogen-bond acceptors (Lipinski definition) is 2. The first-order valence-electron chi connectivity index (χ1n) is 6.25. The molecule has 3 rings (SSSR count). The summed E-state index contributed by atoms with van der Waals surface area (Å²) in [6, 6.07) is 6.06. The molecule has 1 aliphatic carbocycles. The molecule has 18 heavy (non-hydrogen) atoms. The van der Waals surface area contributed by atoms with Crippen molar-refractivity contribution in [3.05, 3.63) is 45.4 Å². The van der Waals surface area contributed by atoms with Gasteiger partial charge in [-0.05, 0) is 49.9 Å². The predicted molar refractivity (Wildman–Crippen MR) is 72.3 cm³/mol. The second-order valence-electron chi connectivity index (χ2n) is 5.20. The Labute approximate surface area is 105 Å². The van der Waals surface area contributed by atoms with Crippen LogP contribution in [0, 0.1) is 13.8 Å². The molecule has 0 bridgehead atoms. The topological polar surface area (TPSA) is 63.8 Å². The van der Waals surface area contributed by atoms with Crippen molar-refractivity contribution < 1.29 is 0 Å². The van der Waals surface area contributed by atoms with E-state index in [4.69, 9.17) is 5.73 Å². The lowest BCUT2D eigenvalue weighted by Crippen LogP contribution is -2.16. The molecular weight excluding hydrogens is 226 g/mol. The number of H-pyrrole nitrogens is 1. The molecule has 1 aromatic carbocycles. The molecule has 0 saturated heterocycles. The summed E-state index contributed by atoms with van der Waals surface area (Å²) in [5, 5.41) is 3.16. The Hall–Kier alpha value is -1.97. The van der Waals surface area contributed by atoms with Crippen LogP contribution in [0.4, 0.5) is 5.69 Å². The number of benzene rings is 1. The number of anilines is 1. The fourth-order valence-electron chi connectivity index (χ4n) is 2.41. The summed E-state index contributed by atoms with van der Waals surface area (Å²) in [5.74, 6) is 0.449. The maximum atomic E-state index is 12.2. The zero-order valence-corrected chi connectivity index (χ0v) is 10.7. The fourth-order valence-corrected chi connectivity index (χ4v) is 2.41. The molecule has 1 heterocycles. The third-order valence-corrected chi connectivity index (χ3v) is 3.41. The molecule has 3 N–H and O–H groups in total. The Morgan fingerprint density at radius 2 is 1.83 bits per heavy atom. The standard InChI is InChI=1S/C14H17N3O/c1-8-5-9(2)7-11(6-8)17-14(18)12(15)13(16-17)10-3-4-10/h5-7,10,16H,3-4,15H2,1-2H3. The van der Waals surface area contributed by atoms with Crippen molar-refractivity contribution in [2.45, 2.75) is 32.6 Å². The van der Waals surface area contributed by atoms with E-state index in [9.17, 15) is 4.79 Å². The molecule has 1 fully saturated rings. The van der Waals surface area contributed by atoms with Gasteiger partial charge in [-0.25, -0.2) is 4.68 Å². The monoisotopic (exact) mass is 243 g/mol. The third-order valence-electron chi connectivity index (χ3n) is 3.41. The molecule has 2 aromatic rings. The van der Waals surface area contributed by atoms with Gasteiger partial charge in [-0.1, -0.05) is 6.07 Å². The van der Waals surface area contributed by atoms with Gasteiger partial charge in [0.2, 0.25) is 0 Å². The number of rotatable bonds is 2. The Morgan fingerprint density at radius 1 is 1.22 bits per heavy atom. The molecule has 0 amide bonds. The minimum absolute atomic E-state index is 0.137. The van der Waals surface area contributed by atoms with Crippen molar-refractivity contribution in [2.24, 2.45) is 0 Å². The van der Waals surface area contributed by atoms with Gasteiger partial charge in [0, 0.05) is 5.92 Å². The third kappa shape index (κ3) is 1.74. The Morgan fingerprint density at radius 3 is 2.39 bits per heavy atom. The Balaban J connectivity index is 2.16. The van der Waals surface area contributed by atoms with Gasteiger partial charge in [0.05, 0.1) is 11.4 Å². The molecule has 1 aromatic heterocycles. The van der Waals surface area contributed by atoms with Crippen molar-refractivity contribution in [2.75, 3.05) is 5.73 Å². The van der Waals surface area contributed by atoms with Crippen LogP contribution in [0.3, 0.4) is 0 Å². The largest absolute Gasteiger partial charge is 0.393 e. The number of aromatic amines is 1. The van der Waals surface area contributed by atoms with Gasteiger partial charge in [-0.2, -0.15) is 0 Å². The van der Waals surface area contributed by atoms with E-state index in [0.29, 0.717) is 11.6 Å². The normalized spacial score (nSPS) is 15.0. The molecule has 4 heteroatoms. The van der Waals surface area contributed by atoms with E-state index in [-0.39, 0.29) is 5.56 Å². The summed E-state index contributed by atoms with van der Waals surface area (Å²) >= 11 is 0. The van der Waals surface area contributed by atoms with Crippen LogP contribution in [0.2, 0.25) is 0 Å². The SMILES string of the molecule is Cc1cc(C)cc(-n2[nH]c(C3CC3)c(N)c2=O)c1. The van der Waals surface area contributed by atoms with Gasteiger partial charge in [-0.3, -0.25) is 9.89 Å². The van der Waals surface area contributed by atoms with E-state index in [1.165, 1.54) is 0 Å². The molecular formula is C14H17N3O. The van der Waals surface area contributed by atoms with Gasteiger partial charge in [0.15, 0.2) is 0 Å². The highest BCUT2D eigenvalue weighted by Crippen LogP contribution is 2.40. The zero-order valence-electron chi connectivity index (χ0n) is 10.7. The number of nitrogens with one attached hydrogen (secondary N) is 1. The van der Waals surface area contributed by atoms with Crippen molar-refractivity contribution in [1.29, 1.82) is 0 Å². The first kappa shape index (κ1) is 11.1. The smallest absolute Gasteiger partial charge is 0.294 e. The highest BCUT2D eigenvalue weighted by atomic mass is 16.1. The van der Waals surface area contributed by atoms with Gasteiger partial charge < -0.3 is 5.73 Å². The molecule has 0 aliphatic heterocycles. The lowest BCUT2D eigenvalue weighted by atomic mass is 10.1. The van der Waals surface area contributed by atoms with Gasteiger partial charge >= 0.3 is 0 Å². The quantitative estimate of drug-likeness (QED) is 0.849. The fraction of sp³-hybridized carbons (Fsp3) is 0.357. The van der Waals surface area contributed by atoms with Crippen LogP contribution < -0.4 is 11.3 Å². The number of nitrogen functional groups attached to an aromatic ring is 1. The number of aromatic nitrogens is 2. The second-order valence-corrected chi connectivity index (χ2v) is 5.20. The molecule has 0 spiro atoms. The Kier molecular flexibility index (Phi) is 2.33. The van der Waals surface area contributed by atoms with E-state index in [1.807, 2.05) is 26.0 Å². The number of nitrogens with zero attached hydrogens (tertiary/aromatic N) is 1. The van der Waals surface area contributed by atoms with E-state index in [0.717, 1.165) is 35.3 Å². The van der Waals surface area contributed by atoms with Crippen LogP contribution in [0.15, 0.2) is 23.0 Å². The average molecular weight is 243 g/mol. The average Bonchev–Trinajstić information content (AvgIpc) is 3.07. The summed E-state index contributed by atoms with van der Waals surface area (Å²) in [6.45, 7) is 4.05. The van der Waals surface area contributed by atoms with Crippen LogP contribution in [-0.2, 0) is 0 Å². The molecule has 1 saturated carbocycles. The summed E-state index contributed by atoms with van der Waals surface area (Å²) < 4.78 is 1.56. The summed E-state index contributed by atoms with van der Waals surface area (Å²) in [6.07, 6.45) is 2.24. The van der Waals surface area contributed by atoms with Crippen LogP contribution in [0.5, 0.6) is 0 Å². The first-order chi connectivity index (χ1) is 8.56. The maximum absolute atomic E-state index is 12.2. The van der Waals surface area contributed by atoms with Crippen molar-refractivity contribution in [1.82, 2.24) is 9.78 Å². The number of aryl methyl sites for hydroxylation is 2. The molecule has 0 radical (unpaired) electrons. The minimum Gasteiger partial charge on any atom is -0.393 e. The van der Waals surface area contributed by atoms with Crippen molar-refractivity contribution >= 4 is 5.69 Å². The summed E-state index contributed by atoms with van der Waals surface area (Å²) in [4.78, 5) is 12.2. The van der Waals surface area contributed by atoms with Crippen LogP contribution in [0.25, 0.3) is 5.69 Å². The molecule has 1 aliphatic rings. The lowest BCUT2D eigenvalue weighted by molar-refractivity contribution is 0.814. The van der Waals surface area contributed by atoms with Crippen molar-refractivity contribution in [3.63, 3.8) is 0 Å². The molecule has 94 valence electrons. The number of hydrogen-bond donors (Lipinski definition) is 2. The molecule has 0 unspecified atom stereocenters. The van der Waals surface area contributed by atoms with E-state index < -0.39 is 0 Å². The minimum atomic E-state index is -0.137. The Bertz CT molecular complexity index is 642. The first-order valence-corrected chi connectivity index (χ1v) is 6.25. The summed E-state index contributed by atoms with van der Waals surface area (Å²) in [7, 11) is 0. The zero-order chi connectivity index (χ0) is 12.9. The highest BCUT2D eigenvalue weighted by Gasteiger charge is 2.29.